The van der Waals surface area contributed by atoms with Crippen molar-refractivity contribution in [1.29, 1.82) is 0 Å². The first-order valence-corrected chi connectivity index (χ1v) is 11.5. The minimum absolute atomic E-state index is 0.0832. The molecule has 0 aliphatic carbocycles. The largest absolute Gasteiger partial charge is 0.484 e. The zero-order chi connectivity index (χ0) is 23.8. The van der Waals surface area contributed by atoms with Gasteiger partial charge in [-0.25, -0.2) is 17.2 Å². The van der Waals surface area contributed by atoms with E-state index in [-0.39, 0.29) is 39.2 Å². The first-order chi connectivity index (χ1) is 15.7. The fourth-order valence-electron chi connectivity index (χ4n) is 3.35. The maximum atomic E-state index is 14.1. The maximum Gasteiger partial charge on any atom is 0.264 e. The van der Waals surface area contributed by atoms with Crippen molar-refractivity contribution in [3.63, 3.8) is 0 Å². The summed E-state index contributed by atoms with van der Waals surface area (Å²) in [4.78, 5) is 12.4. The van der Waals surface area contributed by atoms with E-state index in [4.69, 9.17) is 16.3 Å². The number of fused-ring (bicyclic) bond motifs is 1. The molecular weight excluding hydrogens is 478 g/mol. The molecule has 1 heterocycles. The molecule has 1 amide bonds. The molecule has 33 heavy (non-hydrogen) atoms. The maximum absolute atomic E-state index is 14.1. The van der Waals surface area contributed by atoms with E-state index in [0.717, 1.165) is 34.6 Å². The summed E-state index contributed by atoms with van der Waals surface area (Å²) >= 11 is 5.94. The Balaban J connectivity index is 1.72. The number of rotatable bonds is 5. The van der Waals surface area contributed by atoms with Crippen LogP contribution >= 0.6 is 11.6 Å². The number of benzene rings is 3. The van der Waals surface area contributed by atoms with E-state index >= 15 is 0 Å². The van der Waals surface area contributed by atoms with Gasteiger partial charge in [-0.15, -0.1) is 0 Å². The van der Waals surface area contributed by atoms with Crippen molar-refractivity contribution < 1.29 is 31.8 Å². The van der Waals surface area contributed by atoms with Crippen LogP contribution in [0.3, 0.4) is 0 Å². The summed E-state index contributed by atoms with van der Waals surface area (Å²) in [6, 6.07) is 12.3. The minimum Gasteiger partial charge on any atom is -0.484 e. The fraction of sp³-hybridized carbons (Fsp3) is 0.136. The van der Waals surface area contributed by atoms with E-state index in [1.54, 1.807) is 0 Å². The third kappa shape index (κ3) is 4.50. The number of ether oxygens (including phenoxy) is 1. The second kappa shape index (κ2) is 8.97. The minimum atomic E-state index is -4.16. The number of aliphatic hydroxyl groups is 1. The van der Waals surface area contributed by atoms with Crippen molar-refractivity contribution in [3.8, 4) is 5.75 Å². The van der Waals surface area contributed by atoms with Crippen LogP contribution in [0.2, 0.25) is 5.02 Å². The third-order valence-electron chi connectivity index (χ3n) is 4.94. The summed E-state index contributed by atoms with van der Waals surface area (Å²) < 4.78 is 60.6. The lowest BCUT2D eigenvalue weighted by Gasteiger charge is -2.35. The zero-order valence-corrected chi connectivity index (χ0v) is 18.4. The third-order valence-corrected chi connectivity index (χ3v) is 7.05. The van der Waals surface area contributed by atoms with Crippen LogP contribution in [0.5, 0.6) is 5.75 Å². The number of carbonyl (C=O) groups is 1. The highest BCUT2D eigenvalue weighted by Crippen LogP contribution is 2.39. The van der Waals surface area contributed by atoms with Crippen molar-refractivity contribution in [3.05, 3.63) is 82.9 Å². The van der Waals surface area contributed by atoms with Gasteiger partial charge in [-0.3, -0.25) is 9.10 Å². The lowest BCUT2D eigenvalue weighted by atomic mass is 10.1. The first kappa shape index (κ1) is 23.0. The van der Waals surface area contributed by atoms with Crippen molar-refractivity contribution in [1.82, 2.24) is 0 Å². The summed E-state index contributed by atoms with van der Waals surface area (Å²) in [6.45, 7) is -0.668. The molecule has 1 aliphatic heterocycles. The predicted octanol–water partition coefficient (Wildman–Crippen LogP) is 3.82. The van der Waals surface area contributed by atoms with E-state index in [1.165, 1.54) is 30.3 Å². The number of hydrogen-bond donors (Lipinski definition) is 2. The summed E-state index contributed by atoms with van der Waals surface area (Å²) in [6.07, 6.45) is -0.842. The van der Waals surface area contributed by atoms with Gasteiger partial charge in [0.05, 0.1) is 34.3 Å². The number of anilines is 2. The van der Waals surface area contributed by atoms with Crippen molar-refractivity contribution in [2.24, 2.45) is 0 Å². The lowest BCUT2D eigenvalue weighted by Crippen LogP contribution is -2.45. The highest BCUT2D eigenvalue weighted by Gasteiger charge is 2.34. The van der Waals surface area contributed by atoms with Gasteiger partial charge in [-0.1, -0.05) is 17.7 Å². The van der Waals surface area contributed by atoms with E-state index < -0.39 is 40.3 Å². The van der Waals surface area contributed by atoms with Gasteiger partial charge in [0.15, 0.2) is 0 Å². The highest BCUT2D eigenvalue weighted by molar-refractivity contribution is 7.92. The number of amides is 1. The van der Waals surface area contributed by atoms with Crippen molar-refractivity contribution in [2.45, 2.75) is 11.0 Å². The Hall–Kier alpha value is -3.21. The van der Waals surface area contributed by atoms with Gasteiger partial charge < -0.3 is 15.2 Å². The molecule has 4 rings (SSSR count). The van der Waals surface area contributed by atoms with E-state index in [0.29, 0.717) is 0 Å². The Morgan fingerprint density at radius 3 is 2.55 bits per heavy atom. The van der Waals surface area contributed by atoms with Crippen LogP contribution < -0.4 is 14.4 Å². The Morgan fingerprint density at radius 1 is 1.15 bits per heavy atom. The molecule has 1 atom stereocenters. The topological polar surface area (TPSA) is 95.9 Å². The van der Waals surface area contributed by atoms with Crippen molar-refractivity contribution >= 4 is 38.9 Å². The lowest BCUT2D eigenvalue weighted by molar-refractivity contribution is 0.102. The number of aliphatic hydroxyl groups excluding tert-OH is 1. The van der Waals surface area contributed by atoms with Crippen LogP contribution in [0, 0.1) is 11.6 Å². The van der Waals surface area contributed by atoms with Gasteiger partial charge in [0.1, 0.15) is 23.5 Å². The second-order valence-electron chi connectivity index (χ2n) is 7.15. The van der Waals surface area contributed by atoms with Gasteiger partial charge in [-0.2, -0.15) is 0 Å². The Morgan fingerprint density at radius 2 is 1.88 bits per heavy atom. The summed E-state index contributed by atoms with van der Waals surface area (Å²) in [5.74, 6) is -2.09. The second-order valence-corrected chi connectivity index (χ2v) is 9.42. The zero-order valence-electron chi connectivity index (χ0n) is 16.8. The fourth-order valence-corrected chi connectivity index (χ4v) is 5.10. The Labute approximate surface area is 193 Å². The smallest absolute Gasteiger partial charge is 0.264 e. The SMILES string of the molecule is O=C(Nc1ccc2c(c1)N(S(=O)(=O)c1ccc(F)cc1)CC(CO)O2)c1c(F)cccc1Cl. The molecule has 3 aromatic carbocycles. The number of halogens is 3. The van der Waals surface area contributed by atoms with Crippen LogP contribution in [0.4, 0.5) is 20.2 Å². The van der Waals surface area contributed by atoms with E-state index in [1.807, 2.05) is 0 Å². The predicted molar refractivity (Wildman–Crippen MR) is 118 cm³/mol. The molecule has 1 unspecified atom stereocenters. The number of nitrogens with zero attached hydrogens (tertiary/aromatic N) is 1. The van der Waals surface area contributed by atoms with Crippen molar-refractivity contribution in [2.75, 3.05) is 22.8 Å². The molecule has 172 valence electrons. The van der Waals surface area contributed by atoms with Gasteiger partial charge >= 0.3 is 0 Å². The number of nitrogens with one attached hydrogen (secondary N) is 1. The van der Waals surface area contributed by atoms with Gasteiger partial charge in [0, 0.05) is 5.69 Å². The number of sulfonamides is 1. The molecule has 3 aromatic rings. The molecule has 0 aromatic heterocycles. The van der Waals surface area contributed by atoms with E-state index in [9.17, 15) is 27.1 Å². The number of carbonyl (C=O) groups excluding carboxylic acids is 1. The standard InChI is InChI=1S/C22H17ClF2N2O5S/c23-17-2-1-3-18(25)21(17)22(29)26-14-6-9-20-19(10-14)27(11-15(12-28)32-20)33(30,31)16-7-4-13(24)5-8-16/h1-10,15,28H,11-12H2,(H,26,29). The molecule has 2 N–H and O–H groups in total. The molecule has 0 bridgehead atoms. The van der Waals surface area contributed by atoms with Crippen LogP contribution in [0.1, 0.15) is 10.4 Å². The highest BCUT2D eigenvalue weighted by atomic mass is 35.5. The first-order valence-electron chi connectivity index (χ1n) is 9.66. The van der Waals surface area contributed by atoms with Crippen LogP contribution in [0.15, 0.2) is 65.6 Å². The molecule has 0 spiro atoms. The average molecular weight is 495 g/mol. The summed E-state index contributed by atoms with van der Waals surface area (Å²) in [7, 11) is -4.16. The van der Waals surface area contributed by atoms with Crippen LogP contribution in [-0.4, -0.2) is 38.7 Å². The normalized spacial score (nSPS) is 15.5. The quantitative estimate of drug-likeness (QED) is 0.562. The molecular formula is C22H17ClF2N2O5S. The van der Waals surface area contributed by atoms with Gasteiger partial charge in [-0.05, 0) is 54.6 Å². The Kier molecular flexibility index (Phi) is 6.24. The van der Waals surface area contributed by atoms with Crippen LogP contribution in [0.25, 0.3) is 0 Å². The molecule has 0 fully saturated rings. The number of hydrogen-bond acceptors (Lipinski definition) is 5. The van der Waals surface area contributed by atoms with Gasteiger partial charge in [0.2, 0.25) is 0 Å². The Bertz CT molecular complexity index is 1300. The molecule has 11 heteroatoms. The molecule has 7 nitrogen and oxygen atoms in total. The average Bonchev–Trinajstić information content (AvgIpc) is 2.78. The summed E-state index contributed by atoms with van der Waals surface area (Å²) in [5.41, 5.74) is -0.117. The molecule has 0 radical (unpaired) electrons. The molecule has 1 aliphatic rings. The molecule has 0 saturated carbocycles. The van der Waals surface area contributed by atoms with Gasteiger partial charge in [0.25, 0.3) is 15.9 Å². The summed E-state index contributed by atoms with van der Waals surface area (Å²) in [5, 5.41) is 12.0. The molecule has 0 saturated heterocycles. The van der Waals surface area contributed by atoms with E-state index in [2.05, 4.69) is 5.32 Å². The van der Waals surface area contributed by atoms with Crippen LogP contribution in [-0.2, 0) is 10.0 Å². The monoisotopic (exact) mass is 494 g/mol.